The summed E-state index contributed by atoms with van der Waals surface area (Å²) in [5.41, 5.74) is 1.04. The van der Waals surface area contributed by atoms with Gasteiger partial charge in [0, 0.05) is 5.69 Å². The second-order valence-electron chi connectivity index (χ2n) is 3.63. The van der Waals surface area contributed by atoms with Crippen molar-refractivity contribution in [3.8, 4) is 11.5 Å². The lowest BCUT2D eigenvalue weighted by atomic mass is 10.3. The number of imidazole rings is 1. The Labute approximate surface area is 94.7 Å². The SMILES string of the molecule is Cc1nc(-c2nc[nH]c2C)n(CC(F)(F)F)n1. The number of aryl methyl sites for hydroxylation is 2. The van der Waals surface area contributed by atoms with Crippen molar-refractivity contribution < 1.29 is 13.2 Å². The van der Waals surface area contributed by atoms with Crippen molar-refractivity contribution in [3.05, 3.63) is 17.8 Å². The van der Waals surface area contributed by atoms with Crippen molar-refractivity contribution in [1.29, 1.82) is 0 Å². The highest BCUT2D eigenvalue weighted by atomic mass is 19.4. The number of rotatable bonds is 2. The summed E-state index contributed by atoms with van der Waals surface area (Å²) in [6.45, 7) is 2.08. The molecule has 0 aliphatic heterocycles. The van der Waals surface area contributed by atoms with Crippen molar-refractivity contribution in [3.63, 3.8) is 0 Å². The molecule has 0 saturated carbocycles. The van der Waals surface area contributed by atoms with Gasteiger partial charge in [-0.2, -0.15) is 18.3 Å². The topological polar surface area (TPSA) is 59.4 Å². The minimum absolute atomic E-state index is 0.124. The highest BCUT2D eigenvalue weighted by Crippen LogP contribution is 2.23. The number of nitrogens with zero attached hydrogens (tertiary/aromatic N) is 4. The molecule has 5 nitrogen and oxygen atoms in total. The summed E-state index contributed by atoms with van der Waals surface area (Å²) in [6, 6.07) is 0. The Kier molecular flexibility index (Phi) is 2.64. The molecule has 8 heteroatoms. The smallest absolute Gasteiger partial charge is 0.348 e. The second kappa shape index (κ2) is 3.86. The minimum Gasteiger partial charge on any atom is -0.348 e. The van der Waals surface area contributed by atoms with Crippen molar-refractivity contribution in [2.45, 2.75) is 26.6 Å². The maximum atomic E-state index is 12.4. The molecule has 2 rings (SSSR count). The molecule has 0 atom stereocenters. The van der Waals surface area contributed by atoms with E-state index in [0.717, 1.165) is 4.68 Å². The number of alkyl halides is 3. The zero-order chi connectivity index (χ0) is 12.6. The quantitative estimate of drug-likeness (QED) is 0.878. The molecule has 0 fully saturated rings. The number of hydrogen-bond acceptors (Lipinski definition) is 3. The number of aromatic amines is 1. The molecule has 2 heterocycles. The predicted octanol–water partition coefficient (Wildman–Crippen LogP) is 1.85. The lowest BCUT2D eigenvalue weighted by Crippen LogP contribution is -2.19. The first-order valence-corrected chi connectivity index (χ1v) is 4.85. The van der Waals surface area contributed by atoms with E-state index in [4.69, 9.17) is 0 Å². The molecule has 0 radical (unpaired) electrons. The molecule has 0 aliphatic rings. The Morgan fingerprint density at radius 3 is 2.59 bits per heavy atom. The van der Waals surface area contributed by atoms with Crippen molar-refractivity contribution in [2.75, 3.05) is 0 Å². The van der Waals surface area contributed by atoms with Crippen LogP contribution in [0, 0.1) is 13.8 Å². The van der Waals surface area contributed by atoms with Crippen LogP contribution in [0.15, 0.2) is 6.33 Å². The van der Waals surface area contributed by atoms with Crippen molar-refractivity contribution in [2.24, 2.45) is 0 Å². The highest BCUT2D eigenvalue weighted by molar-refractivity contribution is 5.52. The van der Waals surface area contributed by atoms with Gasteiger partial charge >= 0.3 is 6.18 Å². The van der Waals surface area contributed by atoms with Crippen LogP contribution >= 0.6 is 0 Å². The lowest BCUT2D eigenvalue weighted by molar-refractivity contribution is -0.142. The number of nitrogens with one attached hydrogen (secondary N) is 1. The summed E-state index contributed by atoms with van der Waals surface area (Å²) < 4.78 is 37.9. The van der Waals surface area contributed by atoms with E-state index in [1.807, 2.05) is 0 Å². The first-order valence-electron chi connectivity index (χ1n) is 4.85. The Morgan fingerprint density at radius 1 is 1.35 bits per heavy atom. The maximum Gasteiger partial charge on any atom is 0.408 e. The fraction of sp³-hybridized carbons (Fsp3) is 0.444. The maximum absolute atomic E-state index is 12.4. The Bertz CT molecular complexity index is 525. The van der Waals surface area contributed by atoms with Crippen LogP contribution in [-0.2, 0) is 6.54 Å². The summed E-state index contributed by atoms with van der Waals surface area (Å²) in [4.78, 5) is 10.7. The summed E-state index contributed by atoms with van der Waals surface area (Å²) in [6.07, 6.45) is -2.92. The largest absolute Gasteiger partial charge is 0.408 e. The molecule has 17 heavy (non-hydrogen) atoms. The van der Waals surface area contributed by atoms with Crippen LogP contribution in [0.1, 0.15) is 11.5 Å². The Hall–Kier alpha value is -1.86. The number of halogens is 3. The molecule has 0 bridgehead atoms. The predicted molar refractivity (Wildman–Crippen MR) is 53.1 cm³/mol. The first-order chi connectivity index (χ1) is 7.87. The molecule has 2 aromatic heterocycles. The van der Waals surface area contributed by atoms with E-state index in [-0.39, 0.29) is 11.6 Å². The fourth-order valence-electron chi connectivity index (χ4n) is 1.49. The molecule has 0 aliphatic carbocycles. The molecular formula is C9H10F3N5. The van der Waals surface area contributed by atoms with Gasteiger partial charge in [-0.1, -0.05) is 0 Å². The average Bonchev–Trinajstić information content (AvgIpc) is 2.70. The van der Waals surface area contributed by atoms with Gasteiger partial charge in [0.2, 0.25) is 0 Å². The van der Waals surface area contributed by atoms with Crippen molar-refractivity contribution in [1.82, 2.24) is 24.7 Å². The van der Waals surface area contributed by atoms with Gasteiger partial charge in [0.15, 0.2) is 5.82 Å². The van der Waals surface area contributed by atoms with Crippen LogP contribution in [0.2, 0.25) is 0 Å². The van der Waals surface area contributed by atoms with Crippen LogP contribution in [0.3, 0.4) is 0 Å². The van der Waals surface area contributed by atoms with Gasteiger partial charge in [0.1, 0.15) is 18.1 Å². The molecule has 0 saturated heterocycles. The molecule has 0 amide bonds. The summed E-state index contributed by atoms with van der Waals surface area (Å²) in [7, 11) is 0. The van der Waals surface area contributed by atoms with Gasteiger partial charge < -0.3 is 4.98 Å². The molecule has 0 spiro atoms. The van der Waals surface area contributed by atoms with Crippen LogP contribution in [-0.4, -0.2) is 30.9 Å². The van der Waals surface area contributed by atoms with Crippen molar-refractivity contribution >= 4 is 0 Å². The molecule has 2 aromatic rings. The van der Waals surface area contributed by atoms with E-state index < -0.39 is 12.7 Å². The zero-order valence-electron chi connectivity index (χ0n) is 9.21. The molecule has 1 N–H and O–H groups in total. The normalized spacial score (nSPS) is 12.1. The van der Waals surface area contributed by atoms with Gasteiger partial charge in [-0.15, -0.1) is 0 Å². The summed E-state index contributed by atoms with van der Waals surface area (Å²) in [5.74, 6) is 0.408. The van der Waals surface area contributed by atoms with E-state index in [1.165, 1.54) is 6.33 Å². The third-order valence-corrected chi connectivity index (χ3v) is 2.15. The molecule has 92 valence electrons. The number of H-pyrrole nitrogens is 1. The minimum atomic E-state index is -4.33. The van der Waals surface area contributed by atoms with Crippen LogP contribution < -0.4 is 0 Å². The highest BCUT2D eigenvalue weighted by Gasteiger charge is 2.31. The van der Waals surface area contributed by atoms with E-state index in [0.29, 0.717) is 11.4 Å². The van der Waals surface area contributed by atoms with Crippen LogP contribution in [0.25, 0.3) is 11.5 Å². The lowest BCUT2D eigenvalue weighted by Gasteiger charge is -2.07. The third-order valence-electron chi connectivity index (χ3n) is 2.15. The second-order valence-corrected chi connectivity index (χ2v) is 3.63. The molecule has 0 aromatic carbocycles. The number of aromatic nitrogens is 5. The van der Waals surface area contributed by atoms with E-state index in [1.54, 1.807) is 13.8 Å². The fourth-order valence-corrected chi connectivity index (χ4v) is 1.49. The van der Waals surface area contributed by atoms with Gasteiger partial charge in [0.05, 0.1) is 6.33 Å². The van der Waals surface area contributed by atoms with E-state index >= 15 is 0 Å². The van der Waals surface area contributed by atoms with Crippen LogP contribution in [0.4, 0.5) is 13.2 Å². The standard InChI is InChI=1S/C9H10F3N5/c1-5-7(14-4-13-5)8-15-6(2)16-17(8)3-9(10,11)12/h4H,3H2,1-2H3,(H,13,14). The van der Waals surface area contributed by atoms with Gasteiger partial charge in [0.25, 0.3) is 0 Å². The molecular weight excluding hydrogens is 235 g/mol. The van der Waals surface area contributed by atoms with Crippen LogP contribution in [0.5, 0.6) is 0 Å². The zero-order valence-corrected chi connectivity index (χ0v) is 9.21. The van der Waals surface area contributed by atoms with Gasteiger partial charge in [-0.05, 0) is 13.8 Å². The monoisotopic (exact) mass is 245 g/mol. The summed E-state index contributed by atoms with van der Waals surface area (Å²) >= 11 is 0. The number of hydrogen-bond donors (Lipinski definition) is 1. The van der Waals surface area contributed by atoms with Gasteiger partial charge in [-0.3, -0.25) is 0 Å². The summed E-state index contributed by atoms with van der Waals surface area (Å²) in [5, 5.41) is 3.72. The van der Waals surface area contributed by atoms with Gasteiger partial charge in [-0.25, -0.2) is 14.6 Å². The van der Waals surface area contributed by atoms with E-state index in [9.17, 15) is 13.2 Å². The molecule has 0 unspecified atom stereocenters. The van der Waals surface area contributed by atoms with E-state index in [2.05, 4.69) is 20.1 Å². The first kappa shape index (κ1) is 11.6. The Balaban J connectivity index is 2.45. The Morgan fingerprint density at radius 2 is 2.06 bits per heavy atom. The average molecular weight is 245 g/mol. The third kappa shape index (κ3) is 2.45.